The summed E-state index contributed by atoms with van der Waals surface area (Å²) in [7, 11) is 0. The van der Waals surface area contributed by atoms with Gasteiger partial charge in [-0.3, -0.25) is 0 Å². The van der Waals surface area contributed by atoms with Gasteiger partial charge in [-0.25, -0.2) is 4.98 Å². The Morgan fingerprint density at radius 2 is 2.00 bits per heavy atom. The molecule has 3 aromatic rings. The van der Waals surface area contributed by atoms with Gasteiger partial charge in [0.25, 0.3) is 0 Å². The highest BCUT2D eigenvalue weighted by Crippen LogP contribution is 2.36. The number of hydrogen-bond acceptors (Lipinski definition) is 3. The Morgan fingerprint density at radius 1 is 1.09 bits per heavy atom. The Labute approximate surface area is 135 Å². The summed E-state index contributed by atoms with van der Waals surface area (Å²) in [6.07, 6.45) is 5.85. The minimum Gasteiger partial charge on any atom is -0.457 e. The summed E-state index contributed by atoms with van der Waals surface area (Å²) in [6, 6.07) is 16.3. The van der Waals surface area contributed by atoms with Crippen molar-refractivity contribution in [1.82, 2.24) is 9.97 Å². The fraction of sp³-hybridized carbons (Fsp3) is 0.211. The zero-order chi connectivity index (χ0) is 15.5. The van der Waals surface area contributed by atoms with Gasteiger partial charge in [-0.2, -0.15) is 0 Å². The molecule has 0 atom stereocenters. The molecule has 4 heteroatoms. The predicted molar refractivity (Wildman–Crippen MR) is 90.9 cm³/mol. The molecule has 1 aromatic heterocycles. The third-order valence-corrected chi connectivity index (χ3v) is 4.17. The second-order valence-corrected chi connectivity index (χ2v) is 5.73. The van der Waals surface area contributed by atoms with E-state index in [-0.39, 0.29) is 0 Å². The Bertz CT molecular complexity index is 769. The van der Waals surface area contributed by atoms with Crippen LogP contribution in [-0.2, 0) is 13.0 Å². The number of rotatable bonds is 4. The minimum atomic E-state index is 0.800. The molecule has 0 spiro atoms. The van der Waals surface area contributed by atoms with Crippen LogP contribution in [-0.4, -0.2) is 16.5 Å². The summed E-state index contributed by atoms with van der Waals surface area (Å²) in [5.74, 6) is 2.83. The first-order valence-corrected chi connectivity index (χ1v) is 7.98. The number of aromatic nitrogens is 2. The van der Waals surface area contributed by atoms with E-state index in [1.807, 2.05) is 36.5 Å². The van der Waals surface area contributed by atoms with Crippen LogP contribution in [0.4, 0.5) is 5.69 Å². The van der Waals surface area contributed by atoms with Crippen LogP contribution in [0, 0.1) is 0 Å². The smallest absolute Gasteiger partial charge is 0.132 e. The molecule has 0 amide bonds. The number of benzene rings is 2. The molecular weight excluding hydrogens is 286 g/mol. The van der Waals surface area contributed by atoms with E-state index in [4.69, 9.17) is 4.74 Å². The number of nitrogens with one attached hydrogen (secondary N) is 1. The molecule has 0 radical (unpaired) electrons. The van der Waals surface area contributed by atoms with Crippen molar-refractivity contribution in [2.45, 2.75) is 19.4 Å². The van der Waals surface area contributed by atoms with Gasteiger partial charge in [0.2, 0.25) is 0 Å². The molecule has 2 heterocycles. The van der Waals surface area contributed by atoms with Crippen LogP contribution < -0.4 is 9.64 Å². The van der Waals surface area contributed by atoms with E-state index >= 15 is 0 Å². The van der Waals surface area contributed by atoms with Crippen LogP contribution in [0.5, 0.6) is 11.5 Å². The molecule has 0 fully saturated rings. The molecule has 0 saturated carbocycles. The standard InChI is InChI=1S/C19H19N3O/c1-2-6-15(7-3-1)23-18-10-4-9-17-16(18)8-5-13-22(17)14-19-20-11-12-21-19/h1-4,6-7,9-12H,5,8,13-14H2,(H,20,21). The van der Waals surface area contributed by atoms with Crippen LogP contribution in [0.2, 0.25) is 0 Å². The second-order valence-electron chi connectivity index (χ2n) is 5.73. The van der Waals surface area contributed by atoms with Crippen LogP contribution in [0.1, 0.15) is 17.8 Å². The predicted octanol–water partition coefficient (Wildman–Crippen LogP) is 4.15. The quantitative estimate of drug-likeness (QED) is 0.787. The first-order chi connectivity index (χ1) is 11.4. The number of fused-ring (bicyclic) bond motifs is 1. The number of H-pyrrole nitrogens is 1. The largest absolute Gasteiger partial charge is 0.457 e. The van der Waals surface area contributed by atoms with Gasteiger partial charge in [0.05, 0.1) is 6.54 Å². The first kappa shape index (κ1) is 13.9. The van der Waals surface area contributed by atoms with E-state index in [1.165, 1.54) is 11.3 Å². The number of ether oxygens (including phenoxy) is 1. The van der Waals surface area contributed by atoms with Crippen molar-refractivity contribution in [2.24, 2.45) is 0 Å². The Hall–Kier alpha value is -2.75. The summed E-state index contributed by atoms with van der Waals surface area (Å²) in [6.45, 7) is 1.84. The second kappa shape index (κ2) is 6.16. The Morgan fingerprint density at radius 3 is 2.83 bits per heavy atom. The molecule has 23 heavy (non-hydrogen) atoms. The van der Waals surface area contributed by atoms with E-state index in [9.17, 15) is 0 Å². The zero-order valence-electron chi connectivity index (χ0n) is 12.9. The minimum absolute atomic E-state index is 0.800. The van der Waals surface area contributed by atoms with Crippen molar-refractivity contribution in [3.63, 3.8) is 0 Å². The molecule has 116 valence electrons. The Balaban J connectivity index is 1.63. The summed E-state index contributed by atoms with van der Waals surface area (Å²) in [5, 5.41) is 0. The molecular formula is C19H19N3O. The fourth-order valence-corrected chi connectivity index (χ4v) is 3.11. The van der Waals surface area contributed by atoms with Gasteiger partial charge in [-0.05, 0) is 37.1 Å². The summed E-state index contributed by atoms with van der Waals surface area (Å²) < 4.78 is 6.11. The van der Waals surface area contributed by atoms with Crippen molar-refractivity contribution < 1.29 is 4.74 Å². The van der Waals surface area contributed by atoms with Gasteiger partial charge >= 0.3 is 0 Å². The van der Waals surface area contributed by atoms with Crippen LogP contribution in [0.15, 0.2) is 60.9 Å². The number of anilines is 1. The van der Waals surface area contributed by atoms with Gasteiger partial charge in [-0.15, -0.1) is 0 Å². The molecule has 1 N–H and O–H groups in total. The average molecular weight is 305 g/mol. The fourth-order valence-electron chi connectivity index (χ4n) is 3.11. The van der Waals surface area contributed by atoms with Gasteiger partial charge < -0.3 is 14.6 Å². The van der Waals surface area contributed by atoms with Crippen molar-refractivity contribution in [3.8, 4) is 11.5 Å². The molecule has 0 unspecified atom stereocenters. The zero-order valence-corrected chi connectivity index (χ0v) is 12.9. The van der Waals surface area contributed by atoms with Gasteiger partial charge in [0.15, 0.2) is 0 Å². The summed E-state index contributed by atoms with van der Waals surface area (Å²) in [4.78, 5) is 9.90. The number of hydrogen-bond donors (Lipinski definition) is 1. The molecule has 4 rings (SSSR count). The highest BCUT2D eigenvalue weighted by Gasteiger charge is 2.21. The maximum Gasteiger partial charge on any atom is 0.132 e. The molecule has 4 nitrogen and oxygen atoms in total. The Kier molecular flexibility index (Phi) is 3.72. The molecule has 0 bridgehead atoms. The maximum atomic E-state index is 6.11. The average Bonchev–Trinajstić information content (AvgIpc) is 3.10. The van der Waals surface area contributed by atoms with E-state index in [2.05, 4.69) is 33.1 Å². The first-order valence-electron chi connectivity index (χ1n) is 7.98. The lowest BCUT2D eigenvalue weighted by Gasteiger charge is -2.31. The molecule has 0 saturated heterocycles. The summed E-state index contributed by atoms with van der Waals surface area (Å²) >= 11 is 0. The van der Waals surface area contributed by atoms with Crippen molar-refractivity contribution in [3.05, 3.63) is 72.3 Å². The van der Waals surface area contributed by atoms with Crippen molar-refractivity contribution >= 4 is 5.69 Å². The number of nitrogens with zero attached hydrogens (tertiary/aromatic N) is 2. The van der Waals surface area contributed by atoms with E-state index in [0.29, 0.717) is 0 Å². The third kappa shape index (κ3) is 2.93. The molecule has 0 aliphatic carbocycles. The van der Waals surface area contributed by atoms with Crippen LogP contribution in [0.3, 0.4) is 0 Å². The van der Waals surface area contributed by atoms with Crippen LogP contribution >= 0.6 is 0 Å². The third-order valence-electron chi connectivity index (χ3n) is 4.17. The molecule has 1 aliphatic heterocycles. The van der Waals surface area contributed by atoms with Crippen molar-refractivity contribution in [2.75, 3.05) is 11.4 Å². The highest BCUT2D eigenvalue weighted by molar-refractivity contribution is 5.61. The number of imidazole rings is 1. The van der Waals surface area contributed by atoms with E-state index < -0.39 is 0 Å². The van der Waals surface area contributed by atoms with Crippen molar-refractivity contribution in [1.29, 1.82) is 0 Å². The SMILES string of the molecule is c1ccc(Oc2cccc3c2CCCN3Cc2ncc[nH]2)cc1. The lowest BCUT2D eigenvalue weighted by molar-refractivity contribution is 0.472. The maximum absolute atomic E-state index is 6.11. The lowest BCUT2D eigenvalue weighted by Crippen LogP contribution is -2.29. The summed E-state index contributed by atoms with van der Waals surface area (Å²) in [5.41, 5.74) is 2.54. The molecule has 2 aromatic carbocycles. The van der Waals surface area contributed by atoms with Gasteiger partial charge in [0, 0.05) is 30.2 Å². The highest BCUT2D eigenvalue weighted by atomic mass is 16.5. The van der Waals surface area contributed by atoms with Crippen LogP contribution in [0.25, 0.3) is 0 Å². The van der Waals surface area contributed by atoms with Gasteiger partial charge in [0.1, 0.15) is 17.3 Å². The topological polar surface area (TPSA) is 41.1 Å². The normalized spacial score (nSPS) is 13.7. The lowest BCUT2D eigenvalue weighted by atomic mass is 10.0. The van der Waals surface area contributed by atoms with Gasteiger partial charge in [-0.1, -0.05) is 24.3 Å². The number of para-hydroxylation sites is 1. The van der Waals surface area contributed by atoms with E-state index in [0.717, 1.165) is 43.3 Å². The molecule has 1 aliphatic rings. The number of aromatic amines is 1. The van der Waals surface area contributed by atoms with E-state index in [1.54, 1.807) is 6.20 Å². The monoisotopic (exact) mass is 305 g/mol.